The Morgan fingerprint density at radius 2 is 1.82 bits per heavy atom. The quantitative estimate of drug-likeness (QED) is 0.555. The Labute approximate surface area is 121 Å². The Kier molecular flexibility index (Phi) is 7.81. The highest BCUT2D eigenvalue weighted by Crippen LogP contribution is 2.36. The van der Waals surface area contributed by atoms with Gasteiger partial charge < -0.3 is 4.74 Å². The minimum Gasteiger partial charge on any atom is -0.466 e. The van der Waals surface area contributed by atoms with Crippen LogP contribution in [-0.2, 0) is 14.3 Å². The third-order valence-electron chi connectivity index (χ3n) is 2.08. The van der Waals surface area contributed by atoms with Crippen LogP contribution in [0.25, 0.3) is 0 Å². The van der Waals surface area contributed by atoms with Crippen molar-refractivity contribution < 1.29 is 14.3 Å². The van der Waals surface area contributed by atoms with Crippen LogP contribution in [0.4, 0.5) is 0 Å². The van der Waals surface area contributed by atoms with Crippen molar-refractivity contribution in [1.29, 1.82) is 0 Å². The van der Waals surface area contributed by atoms with E-state index >= 15 is 0 Å². The van der Waals surface area contributed by atoms with E-state index in [9.17, 15) is 9.59 Å². The summed E-state index contributed by atoms with van der Waals surface area (Å²) in [7, 11) is 0. The minimum atomic E-state index is -1.55. The highest BCUT2D eigenvalue weighted by atomic mass is 35.6. The van der Waals surface area contributed by atoms with Gasteiger partial charge in [-0.05, 0) is 13.8 Å². The molecule has 0 aliphatic heterocycles. The van der Waals surface area contributed by atoms with Crippen molar-refractivity contribution in [3.05, 3.63) is 0 Å². The molecular weight excluding hydrogens is 310 g/mol. The Morgan fingerprint density at radius 1 is 1.29 bits per heavy atom. The van der Waals surface area contributed by atoms with Crippen LogP contribution in [0.3, 0.4) is 0 Å². The molecule has 17 heavy (non-hydrogen) atoms. The van der Waals surface area contributed by atoms with Crippen molar-refractivity contribution in [1.82, 2.24) is 0 Å². The molecule has 0 aromatic heterocycles. The molecule has 7 heteroatoms. The topological polar surface area (TPSA) is 43.4 Å². The van der Waals surface area contributed by atoms with E-state index in [-0.39, 0.29) is 25.2 Å². The molecule has 0 amide bonds. The summed E-state index contributed by atoms with van der Waals surface area (Å²) in [5.74, 6) is -1.42. The molecule has 100 valence electrons. The average Bonchev–Trinajstić information content (AvgIpc) is 2.11. The van der Waals surface area contributed by atoms with Gasteiger partial charge in [0.25, 0.3) is 0 Å². The zero-order chi connectivity index (χ0) is 13.6. The van der Waals surface area contributed by atoms with Crippen molar-refractivity contribution in [3.63, 3.8) is 0 Å². The van der Waals surface area contributed by atoms with Crippen LogP contribution in [0.1, 0.15) is 26.7 Å². The smallest absolute Gasteiger partial charge is 0.306 e. The number of hydrogen-bond acceptors (Lipinski definition) is 3. The largest absolute Gasteiger partial charge is 0.466 e. The third-order valence-corrected chi connectivity index (χ3v) is 3.00. The highest BCUT2D eigenvalue weighted by molar-refractivity contribution is 6.67. The SMILES string of the molecule is CCOC(=O)CC(C(C)=O)C(Cl)CC(Cl)(Cl)Cl. The normalized spacial score (nSPS) is 15.2. The van der Waals surface area contributed by atoms with E-state index in [4.69, 9.17) is 51.1 Å². The third kappa shape index (κ3) is 8.09. The van der Waals surface area contributed by atoms with Gasteiger partial charge in [-0.15, -0.1) is 11.6 Å². The summed E-state index contributed by atoms with van der Waals surface area (Å²) in [5.41, 5.74) is 0. The van der Waals surface area contributed by atoms with Gasteiger partial charge in [0.05, 0.1) is 13.0 Å². The van der Waals surface area contributed by atoms with Gasteiger partial charge in [0.2, 0.25) is 0 Å². The van der Waals surface area contributed by atoms with Crippen molar-refractivity contribution >= 4 is 58.2 Å². The second kappa shape index (κ2) is 7.67. The lowest BCUT2D eigenvalue weighted by Crippen LogP contribution is -2.29. The predicted octanol–water partition coefficient (Wildman–Crippen LogP) is 3.51. The van der Waals surface area contributed by atoms with Gasteiger partial charge in [0.1, 0.15) is 5.78 Å². The summed E-state index contributed by atoms with van der Waals surface area (Å²) in [6, 6.07) is 0. The van der Waals surface area contributed by atoms with E-state index in [2.05, 4.69) is 0 Å². The number of rotatable bonds is 6. The number of ether oxygens (including phenoxy) is 1. The van der Waals surface area contributed by atoms with Gasteiger partial charge in [0, 0.05) is 17.7 Å². The summed E-state index contributed by atoms with van der Waals surface area (Å²) < 4.78 is 3.21. The van der Waals surface area contributed by atoms with Crippen LogP contribution in [-0.4, -0.2) is 27.5 Å². The van der Waals surface area contributed by atoms with Gasteiger partial charge in [0.15, 0.2) is 3.79 Å². The number of alkyl halides is 4. The van der Waals surface area contributed by atoms with Crippen molar-refractivity contribution in [2.24, 2.45) is 5.92 Å². The Hall–Kier alpha value is 0.300. The number of halogens is 4. The zero-order valence-electron chi connectivity index (χ0n) is 9.51. The predicted molar refractivity (Wildman–Crippen MR) is 70.0 cm³/mol. The standard InChI is InChI=1S/C10H14Cl4O3/c1-3-17-9(16)4-7(6(2)15)8(11)5-10(12,13)14/h7-8H,3-5H2,1-2H3. The average molecular weight is 324 g/mol. The lowest BCUT2D eigenvalue weighted by molar-refractivity contribution is -0.146. The first-order valence-electron chi connectivity index (χ1n) is 5.04. The number of esters is 1. The van der Waals surface area contributed by atoms with Crippen LogP contribution in [0.15, 0.2) is 0 Å². The molecule has 2 unspecified atom stereocenters. The van der Waals surface area contributed by atoms with Crippen molar-refractivity contribution in [3.8, 4) is 0 Å². The lowest BCUT2D eigenvalue weighted by atomic mass is 9.95. The molecule has 0 aliphatic carbocycles. The molecule has 2 atom stereocenters. The summed E-state index contributed by atoms with van der Waals surface area (Å²) in [4.78, 5) is 22.7. The van der Waals surface area contributed by atoms with E-state index in [1.165, 1.54) is 6.92 Å². The molecule has 0 aromatic rings. The van der Waals surface area contributed by atoms with E-state index in [0.29, 0.717) is 0 Å². The summed E-state index contributed by atoms with van der Waals surface area (Å²) in [6.07, 6.45) is -0.110. The van der Waals surface area contributed by atoms with E-state index in [1.54, 1.807) is 6.92 Å². The number of hydrogen-bond donors (Lipinski definition) is 0. The maximum atomic E-state index is 11.4. The fourth-order valence-corrected chi connectivity index (χ4v) is 2.52. The van der Waals surface area contributed by atoms with E-state index in [0.717, 1.165) is 0 Å². The summed E-state index contributed by atoms with van der Waals surface area (Å²) in [5, 5.41) is -0.718. The number of carbonyl (C=O) groups is 2. The van der Waals surface area contributed by atoms with Crippen LogP contribution in [0, 0.1) is 5.92 Å². The maximum absolute atomic E-state index is 11.4. The van der Waals surface area contributed by atoms with E-state index < -0.39 is 21.1 Å². The molecule has 0 saturated carbocycles. The van der Waals surface area contributed by atoms with Crippen LogP contribution < -0.4 is 0 Å². The minimum absolute atomic E-state index is 0.0110. The Morgan fingerprint density at radius 3 is 2.18 bits per heavy atom. The molecule has 0 saturated heterocycles. The molecule has 0 bridgehead atoms. The molecule has 3 nitrogen and oxygen atoms in total. The molecule has 0 radical (unpaired) electrons. The second-order valence-corrected chi connectivity index (χ2v) is 6.64. The summed E-state index contributed by atoms with van der Waals surface area (Å²) in [6.45, 7) is 3.28. The zero-order valence-corrected chi connectivity index (χ0v) is 12.5. The number of ketones is 1. The van der Waals surface area contributed by atoms with Crippen molar-refractivity contribution in [2.45, 2.75) is 35.9 Å². The molecule has 0 fully saturated rings. The maximum Gasteiger partial charge on any atom is 0.306 e. The first-order chi connectivity index (χ1) is 7.67. The van der Waals surface area contributed by atoms with Gasteiger partial charge in [-0.3, -0.25) is 9.59 Å². The number of Topliss-reactive ketones (excluding diaryl/α,β-unsaturated/α-hetero) is 1. The fourth-order valence-electron chi connectivity index (χ4n) is 1.29. The van der Waals surface area contributed by atoms with E-state index in [1.807, 2.05) is 0 Å². The second-order valence-electron chi connectivity index (χ2n) is 3.56. The van der Waals surface area contributed by atoms with Gasteiger partial charge >= 0.3 is 5.97 Å². The Bertz CT molecular complexity index is 275. The molecule has 0 rings (SSSR count). The van der Waals surface area contributed by atoms with Gasteiger partial charge in [-0.1, -0.05) is 34.8 Å². The first kappa shape index (κ1) is 17.3. The number of carbonyl (C=O) groups excluding carboxylic acids is 2. The van der Waals surface area contributed by atoms with Crippen LogP contribution in [0.5, 0.6) is 0 Å². The van der Waals surface area contributed by atoms with Crippen LogP contribution in [0.2, 0.25) is 0 Å². The van der Waals surface area contributed by atoms with Crippen LogP contribution >= 0.6 is 46.4 Å². The first-order valence-corrected chi connectivity index (χ1v) is 6.61. The molecule has 0 spiro atoms. The molecule has 0 aliphatic rings. The molecule has 0 N–H and O–H groups in total. The summed E-state index contributed by atoms with van der Waals surface area (Å²) >= 11 is 22.8. The molecule has 0 heterocycles. The lowest BCUT2D eigenvalue weighted by Gasteiger charge is -2.22. The van der Waals surface area contributed by atoms with Crippen molar-refractivity contribution in [2.75, 3.05) is 6.61 Å². The highest BCUT2D eigenvalue weighted by Gasteiger charge is 2.33. The molecular formula is C10H14Cl4O3. The monoisotopic (exact) mass is 322 g/mol. The van der Waals surface area contributed by atoms with Gasteiger partial charge in [-0.2, -0.15) is 0 Å². The van der Waals surface area contributed by atoms with Gasteiger partial charge in [-0.25, -0.2) is 0 Å². The Balaban J connectivity index is 4.52. The molecule has 0 aromatic carbocycles. The fraction of sp³-hybridized carbons (Fsp3) is 0.800.